The number of aromatic amines is 1. The highest BCUT2D eigenvalue weighted by atomic mass is 32.2. The first kappa shape index (κ1) is 24.0. The monoisotopic (exact) mass is 498 g/mol. The number of thiazole rings is 1. The van der Waals surface area contributed by atoms with Gasteiger partial charge in [-0.05, 0) is 30.2 Å². The summed E-state index contributed by atoms with van der Waals surface area (Å²) in [6.45, 7) is 0. The second kappa shape index (κ2) is 9.45. The average Bonchev–Trinajstić information content (AvgIpc) is 3.19. The summed E-state index contributed by atoms with van der Waals surface area (Å²) in [5.74, 6) is 3.47. The molecular weight excluding hydrogens is 487 g/mol. The molecule has 0 radical (unpaired) electrons. The Morgan fingerprint density at radius 2 is 2.03 bits per heavy atom. The third-order valence-electron chi connectivity index (χ3n) is 3.96. The molecule has 172 valence electrons. The van der Waals surface area contributed by atoms with Crippen LogP contribution in [0.3, 0.4) is 0 Å². The molecule has 3 aromatic rings. The van der Waals surface area contributed by atoms with Crippen LogP contribution in [0, 0.1) is 11.8 Å². The number of pyridine rings is 1. The lowest BCUT2D eigenvalue weighted by atomic mass is 10.2. The Morgan fingerprint density at radius 3 is 2.64 bits per heavy atom. The number of hydrogen-bond acceptors (Lipinski definition) is 7. The quantitative estimate of drug-likeness (QED) is 0.408. The predicted octanol–water partition coefficient (Wildman–Crippen LogP) is 2.89. The summed E-state index contributed by atoms with van der Waals surface area (Å²) in [6, 6.07) is 5.08. The first-order valence-electron chi connectivity index (χ1n) is 8.59. The van der Waals surface area contributed by atoms with Crippen molar-refractivity contribution in [3.8, 4) is 17.6 Å². The largest absolute Gasteiger partial charge is 0.755 e. The van der Waals surface area contributed by atoms with E-state index in [-0.39, 0.29) is 33.4 Å². The van der Waals surface area contributed by atoms with E-state index < -0.39 is 34.7 Å². The zero-order chi connectivity index (χ0) is 24.3. The lowest BCUT2D eigenvalue weighted by Gasteiger charge is -2.25. The van der Waals surface area contributed by atoms with Crippen molar-refractivity contribution in [3.63, 3.8) is 0 Å². The molecule has 14 heteroatoms. The maximum atomic E-state index is 12.8. The van der Waals surface area contributed by atoms with Crippen molar-refractivity contribution in [1.82, 2.24) is 9.97 Å². The molecule has 0 aliphatic heterocycles. The standard InChI is InChI=1S/C19H12F3N3O6S2/c1-31-13-8-11(18(27)28)3-4-12(13)25(33(29)30)15-9-32-17(24-15)5-2-10-6-14(19(20,21)22)23-16(26)7-10/h3-4,6-9H,1H3,(H,23,26)(H,27,28)(H,29,30)/p-1. The number of carboxylic acids is 1. The van der Waals surface area contributed by atoms with Crippen LogP contribution < -0.4 is 14.6 Å². The third-order valence-corrected chi connectivity index (χ3v) is 5.39. The van der Waals surface area contributed by atoms with Crippen molar-refractivity contribution in [2.45, 2.75) is 6.18 Å². The Morgan fingerprint density at radius 1 is 1.30 bits per heavy atom. The van der Waals surface area contributed by atoms with E-state index in [2.05, 4.69) is 16.8 Å². The predicted molar refractivity (Wildman–Crippen MR) is 111 cm³/mol. The number of nitrogens with one attached hydrogen (secondary N) is 1. The zero-order valence-electron chi connectivity index (χ0n) is 16.3. The third kappa shape index (κ3) is 5.58. The lowest BCUT2D eigenvalue weighted by molar-refractivity contribution is -0.141. The fourth-order valence-electron chi connectivity index (χ4n) is 2.57. The highest BCUT2D eigenvalue weighted by Gasteiger charge is 2.32. The molecule has 1 atom stereocenters. The molecule has 0 amide bonds. The smallest absolute Gasteiger partial charge is 0.431 e. The van der Waals surface area contributed by atoms with Gasteiger partial charge in [0.2, 0.25) is 5.56 Å². The van der Waals surface area contributed by atoms with Crippen LogP contribution in [0.4, 0.5) is 24.7 Å². The van der Waals surface area contributed by atoms with Crippen LogP contribution in [0.2, 0.25) is 0 Å². The van der Waals surface area contributed by atoms with Crippen LogP contribution in [0.1, 0.15) is 26.6 Å². The number of aromatic nitrogens is 2. The number of ether oxygens (including phenoxy) is 1. The number of H-pyrrole nitrogens is 1. The van der Waals surface area contributed by atoms with E-state index in [1.807, 2.05) is 0 Å². The van der Waals surface area contributed by atoms with Crippen molar-refractivity contribution >= 4 is 40.1 Å². The highest BCUT2D eigenvalue weighted by Crippen LogP contribution is 2.36. The molecule has 0 spiro atoms. The van der Waals surface area contributed by atoms with Crippen molar-refractivity contribution in [1.29, 1.82) is 0 Å². The molecule has 2 N–H and O–H groups in total. The van der Waals surface area contributed by atoms with Crippen molar-refractivity contribution < 1.29 is 36.6 Å². The van der Waals surface area contributed by atoms with Crippen LogP contribution >= 0.6 is 11.3 Å². The van der Waals surface area contributed by atoms with Crippen molar-refractivity contribution in [3.05, 3.63) is 67.9 Å². The average molecular weight is 498 g/mol. The summed E-state index contributed by atoms with van der Waals surface area (Å²) in [6.07, 6.45) is -4.76. The molecule has 2 heterocycles. The summed E-state index contributed by atoms with van der Waals surface area (Å²) in [5.41, 5.74) is -2.61. The number of nitrogens with zero attached hydrogens (tertiary/aromatic N) is 2. The van der Waals surface area contributed by atoms with Gasteiger partial charge in [0.15, 0.2) is 10.8 Å². The van der Waals surface area contributed by atoms with E-state index in [1.54, 1.807) is 4.98 Å². The van der Waals surface area contributed by atoms with Crippen LogP contribution in [0.25, 0.3) is 0 Å². The number of methoxy groups -OCH3 is 1. The second-order valence-corrected chi connectivity index (χ2v) is 7.77. The van der Waals surface area contributed by atoms with Gasteiger partial charge in [-0.2, -0.15) is 13.2 Å². The molecule has 0 saturated heterocycles. The number of carboxylic acid groups (broad SMARTS) is 1. The number of rotatable bonds is 5. The van der Waals surface area contributed by atoms with E-state index in [0.717, 1.165) is 27.8 Å². The second-order valence-electron chi connectivity index (χ2n) is 6.11. The van der Waals surface area contributed by atoms with Gasteiger partial charge in [0, 0.05) is 17.0 Å². The lowest BCUT2D eigenvalue weighted by Crippen LogP contribution is -2.20. The number of aromatic carboxylic acids is 1. The Kier molecular flexibility index (Phi) is 6.86. The number of carbonyl (C=O) groups is 1. The highest BCUT2D eigenvalue weighted by molar-refractivity contribution is 7.81. The molecule has 0 aliphatic carbocycles. The summed E-state index contributed by atoms with van der Waals surface area (Å²) in [7, 11) is 1.23. The fraction of sp³-hybridized carbons (Fsp3) is 0.105. The van der Waals surface area contributed by atoms with Crippen LogP contribution in [0.5, 0.6) is 5.75 Å². The summed E-state index contributed by atoms with van der Waals surface area (Å²) >= 11 is -1.99. The summed E-state index contributed by atoms with van der Waals surface area (Å²) in [4.78, 5) is 28.3. The Labute approximate surface area is 189 Å². The molecular formula is C19H11F3N3O6S2-. The number of halogens is 3. The maximum Gasteiger partial charge on any atom is 0.431 e. The zero-order valence-corrected chi connectivity index (χ0v) is 17.9. The topological polar surface area (TPSA) is 136 Å². The first-order chi connectivity index (χ1) is 15.5. The van der Waals surface area contributed by atoms with E-state index in [9.17, 15) is 31.5 Å². The molecule has 33 heavy (non-hydrogen) atoms. The molecule has 0 saturated carbocycles. The van der Waals surface area contributed by atoms with Gasteiger partial charge in [-0.1, -0.05) is 5.92 Å². The van der Waals surface area contributed by atoms with Gasteiger partial charge in [-0.3, -0.25) is 9.00 Å². The SMILES string of the molecule is COc1cc(C(=O)O)ccc1N(c1csc(C#Cc2cc(C(F)(F)F)[nH]c(=O)c2)n1)S(=O)[O-]. The molecule has 0 aliphatic rings. The minimum Gasteiger partial charge on any atom is -0.755 e. The van der Waals surface area contributed by atoms with E-state index >= 15 is 0 Å². The molecule has 0 bridgehead atoms. The van der Waals surface area contributed by atoms with Gasteiger partial charge in [-0.25, -0.2) is 14.1 Å². The van der Waals surface area contributed by atoms with Gasteiger partial charge in [-0.15, -0.1) is 11.3 Å². The van der Waals surface area contributed by atoms with Gasteiger partial charge in [0.1, 0.15) is 11.4 Å². The van der Waals surface area contributed by atoms with E-state index in [4.69, 9.17) is 9.84 Å². The van der Waals surface area contributed by atoms with E-state index in [0.29, 0.717) is 6.07 Å². The Bertz CT molecular complexity index is 1360. The van der Waals surface area contributed by atoms with Crippen LogP contribution in [-0.2, 0) is 17.4 Å². The molecule has 0 fully saturated rings. The number of anilines is 2. The number of hydrogen-bond donors (Lipinski definition) is 2. The Hall–Kier alpha value is -3.67. The van der Waals surface area contributed by atoms with Gasteiger partial charge < -0.3 is 19.4 Å². The molecule has 3 rings (SSSR count). The summed E-state index contributed by atoms with van der Waals surface area (Å²) in [5, 5.41) is 10.5. The first-order valence-corrected chi connectivity index (χ1v) is 10.5. The minimum absolute atomic E-state index is 0.0231. The van der Waals surface area contributed by atoms with Gasteiger partial charge in [0.25, 0.3) is 0 Å². The number of benzene rings is 1. The Balaban J connectivity index is 1.97. The normalized spacial score (nSPS) is 11.9. The van der Waals surface area contributed by atoms with Gasteiger partial charge in [0.05, 0.1) is 29.6 Å². The molecule has 1 aromatic carbocycles. The molecule has 1 unspecified atom stereocenters. The minimum atomic E-state index is -4.76. The van der Waals surface area contributed by atoms with Crippen LogP contribution in [0.15, 0.2) is 40.5 Å². The van der Waals surface area contributed by atoms with Gasteiger partial charge >= 0.3 is 12.1 Å². The molecule has 9 nitrogen and oxygen atoms in total. The van der Waals surface area contributed by atoms with Crippen molar-refractivity contribution in [2.75, 3.05) is 11.4 Å². The fourth-order valence-corrected chi connectivity index (χ4v) is 3.82. The molecule has 2 aromatic heterocycles. The van der Waals surface area contributed by atoms with Crippen LogP contribution in [-0.4, -0.2) is 36.9 Å². The van der Waals surface area contributed by atoms with Crippen molar-refractivity contribution in [2.24, 2.45) is 0 Å². The van der Waals surface area contributed by atoms with E-state index in [1.165, 1.54) is 24.6 Å². The number of alkyl halides is 3. The summed E-state index contributed by atoms with van der Waals surface area (Å²) < 4.78 is 68.1. The maximum absolute atomic E-state index is 12.8.